The van der Waals surface area contributed by atoms with Gasteiger partial charge in [0.2, 0.25) is 0 Å². The van der Waals surface area contributed by atoms with E-state index in [1.54, 1.807) is 36.0 Å². The topological polar surface area (TPSA) is 29.1 Å². The van der Waals surface area contributed by atoms with Gasteiger partial charge in [0.05, 0.1) is 0 Å². The molecule has 0 aliphatic heterocycles. The zero-order valence-corrected chi connectivity index (χ0v) is 13.7. The molecular formula is C20H16FNOS. The molecule has 0 aliphatic rings. The van der Waals surface area contributed by atoms with Gasteiger partial charge in [-0.2, -0.15) is 0 Å². The SMILES string of the molecule is O=C(Nc1ccc(CSc2ccc(F)cc2)cc1)c1ccccc1. The van der Waals surface area contributed by atoms with Gasteiger partial charge in [-0.3, -0.25) is 4.79 Å². The Kier molecular flexibility index (Phi) is 5.29. The van der Waals surface area contributed by atoms with Gasteiger partial charge in [0.15, 0.2) is 0 Å². The van der Waals surface area contributed by atoms with Crippen molar-refractivity contribution in [1.29, 1.82) is 0 Å². The minimum absolute atomic E-state index is 0.121. The number of amides is 1. The number of nitrogens with one attached hydrogen (secondary N) is 1. The van der Waals surface area contributed by atoms with E-state index in [0.29, 0.717) is 5.56 Å². The van der Waals surface area contributed by atoms with Crippen LogP contribution in [0.2, 0.25) is 0 Å². The average molecular weight is 337 g/mol. The second kappa shape index (κ2) is 7.79. The van der Waals surface area contributed by atoms with E-state index in [1.165, 1.54) is 12.1 Å². The summed E-state index contributed by atoms with van der Waals surface area (Å²) in [5.41, 5.74) is 2.54. The highest BCUT2D eigenvalue weighted by atomic mass is 32.2. The van der Waals surface area contributed by atoms with E-state index in [9.17, 15) is 9.18 Å². The van der Waals surface area contributed by atoms with Crippen molar-refractivity contribution in [2.75, 3.05) is 5.32 Å². The van der Waals surface area contributed by atoms with Crippen LogP contribution in [-0.2, 0) is 5.75 Å². The predicted octanol–water partition coefficient (Wildman–Crippen LogP) is 5.37. The lowest BCUT2D eigenvalue weighted by Gasteiger charge is -2.07. The van der Waals surface area contributed by atoms with Crippen LogP contribution in [0.15, 0.2) is 83.8 Å². The maximum Gasteiger partial charge on any atom is 0.255 e. The van der Waals surface area contributed by atoms with E-state index in [4.69, 9.17) is 0 Å². The van der Waals surface area contributed by atoms with Crippen LogP contribution in [0.3, 0.4) is 0 Å². The van der Waals surface area contributed by atoms with Gasteiger partial charge in [0.1, 0.15) is 5.82 Å². The zero-order valence-electron chi connectivity index (χ0n) is 12.9. The molecule has 0 saturated carbocycles. The van der Waals surface area contributed by atoms with Gasteiger partial charge < -0.3 is 5.32 Å². The summed E-state index contributed by atoms with van der Waals surface area (Å²) < 4.78 is 12.9. The summed E-state index contributed by atoms with van der Waals surface area (Å²) in [6, 6.07) is 23.3. The average Bonchev–Trinajstić information content (AvgIpc) is 2.63. The molecule has 4 heteroatoms. The standard InChI is InChI=1S/C20H16FNOS/c21-17-8-12-19(13-9-17)24-14-15-6-10-18(11-7-15)22-20(23)16-4-2-1-3-5-16/h1-13H,14H2,(H,22,23). The molecule has 0 aliphatic carbocycles. The van der Waals surface area contributed by atoms with E-state index in [-0.39, 0.29) is 11.7 Å². The Bertz CT molecular complexity index is 801. The number of hydrogen-bond acceptors (Lipinski definition) is 2. The Morgan fingerprint density at radius 2 is 1.54 bits per heavy atom. The van der Waals surface area contributed by atoms with E-state index in [1.807, 2.05) is 42.5 Å². The van der Waals surface area contributed by atoms with Crippen molar-refractivity contribution in [1.82, 2.24) is 0 Å². The third-order valence-electron chi connectivity index (χ3n) is 3.47. The number of anilines is 1. The number of carbonyl (C=O) groups is 1. The molecule has 0 atom stereocenters. The van der Waals surface area contributed by atoms with Crippen LogP contribution >= 0.6 is 11.8 Å². The monoisotopic (exact) mass is 337 g/mol. The fourth-order valence-electron chi connectivity index (χ4n) is 2.17. The molecule has 0 bridgehead atoms. The van der Waals surface area contributed by atoms with Crippen LogP contribution in [0.4, 0.5) is 10.1 Å². The Morgan fingerprint density at radius 3 is 2.21 bits per heavy atom. The third-order valence-corrected chi connectivity index (χ3v) is 4.55. The summed E-state index contributed by atoms with van der Waals surface area (Å²) in [5.74, 6) is 0.445. The van der Waals surface area contributed by atoms with Crippen molar-refractivity contribution in [3.8, 4) is 0 Å². The third kappa shape index (κ3) is 4.46. The lowest BCUT2D eigenvalue weighted by molar-refractivity contribution is 0.102. The molecular weight excluding hydrogens is 321 g/mol. The van der Waals surface area contributed by atoms with Crippen LogP contribution in [0.1, 0.15) is 15.9 Å². The van der Waals surface area contributed by atoms with Gasteiger partial charge in [-0.05, 0) is 54.1 Å². The number of halogens is 1. The Balaban J connectivity index is 1.57. The molecule has 1 amide bonds. The molecule has 0 fully saturated rings. The predicted molar refractivity (Wildman–Crippen MR) is 96.8 cm³/mol. The number of rotatable bonds is 5. The van der Waals surface area contributed by atoms with Gasteiger partial charge in [0, 0.05) is 21.9 Å². The van der Waals surface area contributed by atoms with Crippen LogP contribution in [0.25, 0.3) is 0 Å². The number of benzene rings is 3. The molecule has 2 nitrogen and oxygen atoms in total. The van der Waals surface area contributed by atoms with Gasteiger partial charge in [-0.25, -0.2) is 4.39 Å². The summed E-state index contributed by atoms with van der Waals surface area (Å²) in [6.07, 6.45) is 0. The lowest BCUT2D eigenvalue weighted by atomic mass is 10.2. The lowest BCUT2D eigenvalue weighted by Crippen LogP contribution is -2.11. The van der Waals surface area contributed by atoms with E-state index in [2.05, 4.69) is 5.32 Å². The molecule has 0 unspecified atom stereocenters. The first-order valence-electron chi connectivity index (χ1n) is 7.54. The highest BCUT2D eigenvalue weighted by molar-refractivity contribution is 7.98. The Morgan fingerprint density at radius 1 is 0.875 bits per heavy atom. The Labute approximate surface area is 144 Å². The molecule has 3 rings (SSSR count). The van der Waals surface area contributed by atoms with E-state index in [0.717, 1.165) is 21.9 Å². The molecule has 0 radical (unpaired) electrons. The van der Waals surface area contributed by atoms with Crippen molar-refractivity contribution >= 4 is 23.4 Å². The Hall–Kier alpha value is -2.59. The summed E-state index contributed by atoms with van der Waals surface area (Å²) in [5, 5.41) is 2.88. The first-order valence-corrected chi connectivity index (χ1v) is 8.53. The minimum atomic E-state index is -0.224. The van der Waals surface area contributed by atoms with Crippen molar-refractivity contribution in [2.45, 2.75) is 10.6 Å². The second-order valence-corrected chi connectivity index (χ2v) is 6.31. The molecule has 24 heavy (non-hydrogen) atoms. The maximum atomic E-state index is 12.9. The largest absolute Gasteiger partial charge is 0.322 e. The highest BCUT2D eigenvalue weighted by Gasteiger charge is 2.05. The fraction of sp³-hybridized carbons (Fsp3) is 0.0500. The van der Waals surface area contributed by atoms with Crippen LogP contribution in [0.5, 0.6) is 0 Å². The van der Waals surface area contributed by atoms with Crippen LogP contribution in [-0.4, -0.2) is 5.91 Å². The van der Waals surface area contributed by atoms with Crippen molar-refractivity contribution in [3.05, 3.63) is 95.8 Å². The van der Waals surface area contributed by atoms with Crippen LogP contribution in [0, 0.1) is 5.82 Å². The van der Waals surface area contributed by atoms with Gasteiger partial charge in [-0.1, -0.05) is 30.3 Å². The van der Waals surface area contributed by atoms with Gasteiger partial charge >= 0.3 is 0 Å². The molecule has 120 valence electrons. The van der Waals surface area contributed by atoms with E-state index >= 15 is 0 Å². The molecule has 0 spiro atoms. The van der Waals surface area contributed by atoms with Crippen molar-refractivity contribution in [3.63, 3.8) is 0 Å². The number of carbonyl (C=O) groups excluding carboxylic acids is 1. The van der Waals surface area contributed by atoms with Gasteiger partial charge in [-0.15, -0.1) is 11.8 Å². The minimum Gasteiger partial charge on any atom is -0.322 e. The summed E-state index contributed by atoms with van der Waals surface area (Å²) in [7, 11) is 0. The summed E-state index contributed by atoms with van der Waals surface area (Å²) in [4.78, 5) is 13.1. The van der Waals surface area contributed by atoms with E-state index < -0.39 is 0 Å². The zero-order chi connectivity index (χ0) is 16.8. The molecule has 1 N–H and O–H groups in total. The first kappa shape index (κ1) is 16.3. The normalized spacial score (nSPS) is 10.4. The second-order valence-electron chi connectivity index (χ2n) is 5.26. The fourth-order valence-corrected chi connectivity index (χ4v) is 3.03. The first-order chi connectivity index (χ1) is 11.7. The highest BCUT2D eigenvalue weighted by Crippen LogP contribution is 2.23. The molecule has 0 aromatic heterocycles. The maximum absolute atomic E-state index is 12.9. The molecule has 0 heterocycles. The number of thioether (sulfide) groups is 1. The van der Waals surface area contributed by atoms with Crippen molar-refractivity contribution in [2.24, 2.45) is 0 Å². The summed E-state index contributed by atoms with van der Waals surface area (Å²) in [6.45, 7) is 0. The van der Waals surface area contributed by atoms with Crippen molar-refractivity contribution < 1.29 is 9.18 Å². The molecule has 3 aromatic rings. The summed E-state index contributed by atoms with van der Waals surface area (Å²) >= 11 is 1.64. The smallest absolute Gasteiger partial charge is 0.255 e. The molecule has 3 aromatic carbocycles. The quantitative estimate of drug-likeness (QED) is 0.634. The number of hydrogen-bond donors (Lipinski definition) is 1. The van der Waals surface area contributed by atoms with Crippen LogP contribution < -0.4 is 5.32 Å². The molecule has 0 saturated heterocycles. The van der Waals surface area contributed by atoms with Gasteiger partial charge in [0.25, 0.3) is 5.91 Å².